The first kappa shape index (κ1) is 26.1. The second-order valence-electron chi connectivity index (χ2n) is 8.87. The molecule has 0 aliphatic rings. The van der Waals surface area contributed by atoms with Crippen molar-refractivity contribution >= 4 is 28.3 Å². The Kier molecular flexibility index (Phi) is 6.92. The van der Waals surface area contributed by atoms with Gasteiger partial charge in [0.25, 0.3) is 0 Å². The highest BCUT2D eigenvalue weighted by Crippen LogP contribution is 2.38. The predicted molar refractivity (Wildman–Crippen MR) is 135 cm³/mol. The van der Waals surface area contributed by atoms with E-state index in [4.69, 9.17) is 16.3 Å². The maximum atomic E-state index is 15.4. The molecule has 0 fully saturated rings. The molecule has 4 aromatic rings. The summed E-state index contributed by atoms with van der Waals surface area (Å²) in [4.78, 5) is 37.6. The summed E-state index contributed by atoms with van der Waals surface area (Å²) >= 11 is 6.27. The Balaban J connectivity index is 2.29. The second kappa shape index (κ2) is 9.81. The zero-order valence-corrected chi connectivity index (χ0v) is 21.3. The first-order chi connectivity index (χ1) is 17.5. The molecule has 3 aromatic heterocycles. The molecule has 12 heteroatoms. The van der Waals surface area contributed by atoms with Gasteiger partial charge in [-0.3, -0.25) is 19.5 Å². The van der Waals surface area contributed by atoms with Gasteiger partial charge in [0, 0.05) is 5.39 Å². The molecule has 0 unspecified atom stereocenters. The van der Waals surface area contributed by atoms with Crippen LogP contribution in [0.25, 0.3) is 28.0 Å². The van der Waals surface area contributed by atoms with Crippen molar-refractivity contribution in [3.63, 3.8) is 0 Å². The fourth-order valence-electron chi connectivity index (χ4n) is 4.16. The van der Waals surface area contributed by atoms with Gasteiger partial charge in [-0.2, -0.15) is 0 Å². The molecule has 1 aromatic carbocycles. The number of nitro groups is 1. The largest absolute Gasteiger partial charge is 0.496 e. The molecule has 0 bridgehead atoms. The van der Waals surface area contributed by atoms with E-state index in [-0.39, 0.29) is 39.9 Å². The summed E-state index contributed by atoms with van der Waals surface area (Å²) < 4.78 is 36.5. The lowest BCUT2D eigenvalue weighted by molar-refractivity contribution is -0.386. The summed E-state index contributed by atoms with van der Waals surface area (Å²) in [6.07, 6.45) is 1.34. The number of nitrogens with zero attached hydrogens (tertiary/aromatic N) is 5. The smallest absolute Gasteiger partial charge is 0.353 e. The number of benzene rings is 1. The zero-order chi connectivity index (χ0) is 27.2. The van der Waals surface area contributed by atoms with E-state index in [1.807, 2.05) is 27.7 Å². The molecule has 192 valence electrons. The first-order valence-corrected chi connectivity index (χ1v) is 11.6. The number of rotatable bonds is 6. The van der Waals surface area contributed by atoms with Crippen LogP contribution in [0.15, 0.2) is 35.4 Å². The van der Waals surface area contributed by atoms with Gasteiger partial charge in [-0.1, -0.05) is 45.4 Å². The number of hydrogen-bond donors (Lipinski definition) is 0. The Morgan fingerprint density at radius 3 is 2.24 bits per heavy atom. The van der Waals surface area contributed by atoms with Gasteiger partial charge in [0.15, 0.2) is 5.82 Å². The topological polar surface area (TPSA) is 113 Å². The zero-order valence-electron chi connectivity index (χ0n) is 20.5. The molecule has 0 atom stereocenters. The van der Waals surface area contributed by atoms with Gasteiger partial charge in [-0.15, -0.1) is 0 Å². The average Bonchev–Trinajstić information content (AvgIpc) is 2.83. The van der Waals surface area contributed by atoms with Crippen LogP contribution in [0.5, 0.6) is 5.75 Å². The molecule has 9 nitrogen and oxygen atoms in total. The number of fused-ring (bicyclic) bond motifs is 1. The van der Waals surface area contributed by atoms with Crippen molar-refractivity contribution in [2.75, 3.05) is 7.11 Å². The van der Waals surface area contributed by atoms with Crippen molar-refractivity contribution in [2.45, 2.75) is 39.5 Å². The van der Waals surface area contributed by atoms with Crippen LogP contribution in [0.3, 0.4) is 0 Å². The Hall–Kier alpha value is -3.99. The Labute approximate surface area is 214 Å². The van der Waals surface area contributed by atoms with E-state index in [9.17, 15) is 19.3 Å². The molecule has 4 rings (SSSR count). The van der Waals surface area contributed by atoms with Gasteiger partial charge in [0.1, 0.15) is 34.3 Å². The lowest BCUT2D eigenvalue weighted by Crippen LogP contribution is -2.26. The van der Waals surface area contributed by atoms with Crippen LogP contribution in [-0.4, -0.2) is 31.6 Å². The summed E-state index contributed by atoms with van der Waals surface area (Å²) in [5, 5.41) is 11.1. The van der Waals surface area contributed by atoms with Gasteiger partial charge in [-0.25, -0.2) is 23.7 Å². The normalized spacial score (nSPS) is 11.5. The number of ether oxygens (including phenoxy) is 1. The molecule has 0 aliphatic heterocycles. The van der Waals surface area contributed by atoms with E-state index in [2.05, 4.69) is 15.0 Å². The quantitative estimate of drug-likeness (QED) is 0.224. The summed E-state index contributed by atoms with van der Waals surface area (Å²) in [6.45, 7) is 7.32. The molecule has 0 aliphatic carbocycles. The number of aromatic nitrogens is 4. The Morgan fingerprint density at radius 1 is 1.08 bits per heavy atom. The lowest BCUT2D eigenvalue weighted by Gasteiger charge is -2.21. The van der Waals surface area contributed by atoms with Gasteiger partial charge in [0.2, 0.25) is 0 Å². The first-order valence-electron chi connectivity index (χ1n) is 11.3. The SMILES string of the molecule is COc1cccc(F)c1-c1nc2c(cc1F)c(Cl)c([N+](=O)[O-])c(=O)n2-c1c(C(C)C)ncnc1C(C)C. The van der Waals surface area contributed by atoms with Crippen LogP contribution in [0.1, 0.15) is 50.9 Å². The monoisotopic (exact) mass is 529 g/mol. The average molecular weight is 530 g/mol. The van der Waals surface area contributed by atoms with Gasteiger partial charge in [0.05, 0.1) is 34.7 Å². The number of hydrogen-bond acceptors (Lipinski definition) is 7. The Morgan fingerprint density at radius 2 is 1.70 bits per heavy atom. The van der Waals surface area contributed by atoms with E-state index in [0.29, 0.717) is 11.4 Å². The van der Waals surface area contributed by atoms with Crippen LogP contribution in [0, 0.1) is 21.7 Å². The van der Waals surface area contributed by atoms with Gasteiger partial charge in [-0.05, 0) is 30.0 Å². The number of halogens is 3. The molecule has 0 spiro atoms. The number of methoxy groups -OCH3 is 1. The van der Waals surface area contributed by atoms with E-state index < -0.39 is 38.5 Å². The van der Waals surface area contributed by atoms with Crippen molar-refractivity contribution in [3.8, 4) is 22.7 Å². The highest BCUT2D eigenvalue weighted by molar-refractivity contribution is 6.37. The maximum absolute atomic E-state index is 15.4. The molecule has 0 saturated heterocycles. The fourth-order valence-corrected chi connectivity index (χ4v) is 4.45. The number of pyridine rings is 2. The third-order valence-corrected chi connectivity index (χ3v) is 6.21. The van der Waals surface area contributed by atoms with Crippen molar-refractivity contribution in [3.05, 3.63) is 79.1 Å². The molecule has 0 radical (unpaired) electrons. The maximum Gasteiger partial charge on any atom is 0.353 e. The fraction of sp³-hybridized carbons (Fsp3) is 0.280. The third kappa shape index (κ3) is 4.29. The van der Waals surface area contributed by atoms with E-state index in [0.717, 1.165) is 16.7 Å². The van der Waals surface area contributed by atoms with Crippen molar-refractivity contribution in [1.82, 2.24) is 19.5 Å². The summed E-state index contributed by atoms with van der Waals surface area (Å²) in [6, 6.07) is 4.82. The van der Waals surface area contributed by atoms with Crippen LogP contribution in [0.2, 0.25) is 5.02 Å². The van der Waals surface area contributed by atoms with Crippen LogP contribution in [-0.2, 0) is 0 Å². The minimum Gasteiger partial charge on any atom is -0.496 e. The lowest BCUT2D eigenvalue weighted by atomic mass is 10.0. The Bertz CT molecular complexity index is 1600. The predicted octanol–water partition coefficient (Wildman–Crippen LogP) is 5.94. The molecule has 0 amide bonds. The highest BCUT2D eigenvalue weighted by atomic mass is 35.5. The minimum atomic E-state index is -1.10. The standard InChI is InChI=1S/C25H22ClF2N5O4/c1-11(2)19-23(20(12(3)4)30-10-29-19)32-24-13(18(26)22(25(32)34)33(35)36)9-15(28)21(31-24)17-14(27)7-6-8-16(17)37-5/h6-12H,1-5H3. The van der Waals surface area contributed by atoms with Crippen LogP contribution >= 0.6 is 11.6 Å². The van der Waals surface area contributed by atoms with Crippen molar-refractivity contribution < 1.29 is 18.4 Å². The van der Waals surface area contributed by atoms with Crippen molar-refractivity contribution in [1.29, 1.82) is 0 Å². The minimum absolute atomic E-state index is 0.00133. The summed E-state index contributed by atoms with van der Waals surface area (Å²) in [5.74, 6) is -2.31. The molecule has 37 heavy (non-hydrogen) atoms. The summed E-state index contributed by atoms with van der Waals surface area (Å²) in [7, 11) is 1.29. The molecule has 0 N–H and O–H groups in total. The molecular formula is C25H22ClF2N5O4. The van der Waals surface area contributed by atoms with Gasteiger partial charge < -0.3 is 4.74 Å². The van der Waals surface area contributed by atoms with E-state index in [1.165, 1.54) is 25.6 Å². The molecular weight excluding hydrogens is 508 g/mol. The summed E-state index contributed by atoms with van der Waals surface area (Å²) in [5.41, 5.74) is -2.03. The molecule has 3 heterocycles. The van der Waals surface area contributed by atoms with Crippen LogP contribution in [0.4, 0.5) is 14.5 Å². The molecule has 0 saturated carbocycles. The second-order valence-corrected chi connectivity index (χ2v) is 9.25. The van der Waals surface area contributed by atoms with Crippen LogP contribution < -0.4 is 10.3 Å². The van der Waals surface area contributed by atoms with E-state index >= 15 is 4.39 Å². The highest BCUT2D eigenvalue weighted by Gasteiger charge is 2.31. The van der Waals surface area contributed by atoms with E-state index in [1.54, 1.807) is 0 Å². The third-order valence-electron chi connectivity index (χ3n) is 5.83. The van der Waals surface area contributed by atoms with Gasteiger partial charge >= 0.3 is 11.2 Å². The van der Waals surface area contributed by atoms with Crippen molar-refractivity contribution in [2.24, 2.45) is 0 Å².